The third-order valence-corrected chi connectivity index (χ3v) is 2.34. The van der Waals surface area contributed by atoms with Crippen LogP contribution in [0.25, 0.3) is 0 Å². The maximum absolute atomic E-state index is 11.3. The second kappa shape index (κ2) is 9.62. The summed E-state index contributed by atoms with van der Waals surface area (Å²) in [6.45, 7) is 0. The maximum Gasteiger partial charge on any atom is 0.227 e. The molecule has 102 valence electrons. The highest BCUT2D eigenvalue weighted by Gasteiger charge is 2.19. The van der Waals surface area contributed by atoms with E-state index in [0.29, 0.717) is 6.42 Å². The molecule has 1 aliphatic heterocycles. The molecular weight excluding hydrogens is 230 g/mol. The minimum atomic E-state index is 0.216. The predicted octanol–water partition coefficient (Wildman–Crippen LogP) is 2.12. The van der Waals surface area contributed by atoms with Crippen molar-refractivity contribution in [3.8, 4) is 0 Å². The summed E-state index contributed by atoms with van der Waals surface area (Å²) in [6.07, 6.45) is 1.53. The molecule has 1 aromatic carbocycles. The van der Waals surface area contributed by atoms with E-state index in [1.54, 1.807) is 33.3 Å². The first kappa shape index (κ1) is 16.6. The topological polar surface area (TPSA) is 38.8 Å². The Labute approximate surface area is 110 Å². The fourth-order valence-electron chi connectivity index (χ4n) is 1.59. The molecule has 0 saturated carbocycles. The summed E-state index contributed by atoms with van der Waals surface area (Å²) < 4.78 is 8.50. The van der Waals surface area contributed by atoms with E-state index in [0.717, 1.165) is 12.1 Å². The van der Waals surface area contributed by atoms with Crippen LogP contribution in [0.15, 0.2) is 24.3 Å². The lowest BCUT2D eigenvalue weighted by atomic mass is 10.0. The third kappa shape index (κ3) is 5.29. The largest absolute Gasteiger partial charge is 0.388 e. The van der Waals surface area contributed by atoms with E-state index >= 15 is 0 Å². The minimum Gasteiger partial charge on any atom is -0.388 e. The Morgan fingerprint density at radius 1 is 1.00 bits per heavy atom. The first-order chi connectivity index (χ1) is 8.62. The number of aryl methyl sites for hydroxylation is 1. The number of hydrogen-bond acceptors (Lipinski definition) is 3. The quantitative estimate of drug-likeness (QED) is 0.711. The summed E-state index contributed by atoms with van der Waals surface area (Å²) in [5, 5.41) is 0. The Hall–Kier alpha value is -1.39. The molecule has 4 nitrogen and oxygen atoms in total. The maximum atomic E-state index is 11.3. The number of fused-ring (bicyclic) bond motifs is 1. The van der Waals surface area contributed by atoms with Crippen LogP contribution < -0.4 is 4.90 Å². The van der Waals surface area contributed by atoms with Gasteiger partial charge in [-0.1, -0.05) is 18.2 Å². The molecule has 1 heterocycles. The first-order valence-electron chi connectivity index (χ1n) is 5.77. The zero-order valence-electron chi connectivity index (χ0n) is 11.9. The Morgan fingerprint density at radius 3 is 2.06 bits per heavy atom. The van der Waals surface area contributed by atoms with Gasteiger partial charge in [-0.3, -0.25) is 4.79 Å². The van der Waals surface area contributed by atoms with Gasteiger partial charge in [0.2, 0.25) is 5.91 Å². The minimum absolute atomic E-state index is 0.216. The average molecular weight is 253 g/mol. The number of carbonyl (C=O) groups excluding carboxylic acids is 1. The van der Waals surface area contributed by atoms with E-state index in [9.17, 15) is 4.79 Å². The van der Waals surface area contributed by atoms with Crippen molar-refractivity contribution in [2.24, 2.45) is 0 Å². The van der Waals surface area contributed by atoms with E-state index in [-0.39, 0.29) is 5.91 Å². The number of benzene rings is 1. The Bertz CT molecular complexity index is 351. The Balaban J connectivity index is 0.000000414. The van der Waals surface area contributed by atoms with Crippen LogP contribution in [-0.2, 0) is 20.7 Å². The van der Waals surface area contributed by atoms with Crippen LogP contribution in [0.1, 0.15) is 12.0 Å². The number of rotatable bonds is 0. The molecule has 18 heavy (non-hydrogen) atoms. The molecule has 0 aliphatic carbocycles. The molecule has 0 atom stereocenters. The van der Waals surface area contributed by atoms with Crippen molar-refractivity contribution in [2.75, 3.05) is 40.4 Å². The number of amides is 1. The summed E-state index contributed by atoms with van der Waals surface area (Å²) in [7, 11) is 8.33. The highest BCUT2D eigenvalue weighted by atomic mass is 16.5. The summed E-state index contributed by atoms with van der Waals surface area (Å²) in [4.78, 5) is 13.0. The van der Waals surface area contributed by atoms with Gasteiger partial charge in [0.25, 0.3) is 0 Å². The molecule has 1 aliphatic rings. The molecule has 0 saturated heterocycles. The van der Waals surface area contributed by atoms with Gasteiger partial charge in [0.15, 0.2) is 0 Å². The average Bonchev–Trinajstić information content (AvgIpc) is 2.36. The Kier molecular flexibility index (Phi) is 8.88. The van der Waals surface area contributed by atoms with Gasteiger partial charge in [-0.05, 0) is 18.1 Å². The predicted molar refractivity (Wildman–Crippen MR) is 74.0 cm³/mol. The van der Waals surface area contributed by atoms with Gasteiger partial charge in [-0.2, -0.15) is 0 Å². The molecule has 0 N–H and O–H groups in total. The van der Waals surface area contributed by atoms with Gasteiger partial charge < -0.3 is 14.4 Å². The van der Waals surface area contributed by atoms with Crippen molar-refractivity contribution < 1.29 is 14.3 Å². The molecule has 2 rings (SSSR count). The summed E-state index contributed by atoms with van der Waals surface area (Å²) in [6, 6.07) is 8.06. The van der Waals surface area contributed by atoms with Crippen LogP contribution in [0.4, 0.5) is 5.69 Å². The zero-order valence-corrected chi connectivity index (χ0v) is 11.9. The number of ether oxygens (including phenoxy) is 2. The summed E-state index contributed by atoms with van der Waals surface area (Å²) >= 11 is 0. The molecule has 1 aromatic rings. The number of carbonyl (C=O) groups is 1. The normalized spacial score (nSPS) is 12.7. The lowest BCUT2D eigenvalue weighted by Crippen LogP contribution is -2.30. The second-order valence-corrected chi connectivity index (χ2v) is 3.90. The molecule has 0 fully saturated rings. The van der Waals surface area contributed by atoms with Crippen LogP contribution in [-0.4, -0.2) is 41.4 Å². The monoisotopic (exact) mass is 253 g/mol. The fourth-order valence-corrected chi connectivity index (χ4v) is 1.59. The number of nitrogens with zero attached hydrogens (tertiary/aromatic N) is 1. The zero-order chi connectivity index (χ0) is 14.0. The van der Waals surface area contributed by atoms with Crippen molar-refractivity contribution in [2.45, 2.75) is 12.8 Å². The lowest BCUT2D eigenvalue weighted by molar-refractivity contribution is -0.118. The lowest BCUT2D eigenvalue weighted by Gasteiger charge is -2.25. The number of hydrogen-bond donors (Lipinski definition) is 0. The molecule has 1 amide bonds. The summed E-state index contributed by atoms with van der Waals surface area (Å²) in [5.41, 5.74) is 2.34. The van der Waals surface area contributed by atoms with Gasteiger partial charge in [0.05, 0.1) is 0 Å². The van der Waals surface area contributed by atoms with E-state index in [2.05, 4.69) is 15.5 Å². The van der Waals surface area contributed by atoms with Crippen molar-refractivity contribution in [3.63, 3.8) is 0 Å². The number of anilines is 1. The molecule has 4 heteroatoms. The van der Waals surface area contributed by atoms with Gasteiger partial charge in [0, 0.05) is 47.6 Å². The van der Waals surface area contributed by atoms with E-state index < -0.39 is 0 Å². The van der Waals surface area contributed by atoms with Crippen LogP contribution in [0.2, 0.25) is 0 Å². The van der Waals surface area contributed by atoms with Gasteiger partial charge in [-0.25, -0.2) is 0 Å². The molecule has 0 spiro atoms. The third-order valence-electron chi connectivity index (χ3n) is 2.34. The van der Waals surface area contributed by atoms with Crippen LogP contribution >= 0.6 is 0 Å². The van der Waals surface area contributed by atoms with E-state index in [4.69, 9.17) is 0 Å². The highest BCUT2D eigenvalue weighted by Crippen LogP contribution is 2.25. The fraction of sp³-hybridized carbons (Fsp3) is 0.500. The van der Waals surface area contributed by atoms with Gasteiger partial charge >= 0.3 is 0 Å². The van der Waals surface area contributed by atoms with E-state index in [1.165, 1.54) is 5.56 Å². The second-order valence-electron chi connectivity index (χ2n) is 3.90. The van der Waals surface area contributed by atoms with Gasteiger partial charge in [0.1, 0.15) is 0 Å². The van der Waals surface area contributed by atoms with Gasteiger partial charge in [-0.15, -0.1) is 0 Å². The highest BCUT2D eigenvalue weighted by molar-refractivity contribution is 5.95. The standard InChI is InChI=1S/C10H11NO.2C2H6O/c1-11-9-5-3-2-4-8(9)6-7-10(11)12;2*1-3-2/h2-5H,6-7H2,1H3;2*1-2H3. The first-order valence-corrected chi connectivity index (χ1v) is 5.77. The van der Waals surface area contributed by atoms with Crippen LogP contribution in [0.3, 0.4) is 0 Å². The van der Waals surface area contributed by atoms with Crippen LogP contribution in [0.5, 0.6) is 0 Å². The molecule has 0 aromatic heterocycles. The summed E-state index contributed by atoms with van der Waals surface area (Å²) in [5.74, 6) is 0.216. The smallest absolute Gasteiger partial charge is 0.227 e. The van der Waals surface area contributed by atoms with Crippen molar-refractivity contribution in [1.82, 2.24) is 0 Å². The molecule has 0 bridgehead atoms. The van der Waals surface area contributed by atoms with E-state index in [1.807, 2.05) is 25.2 Å². The van der Waals surface area contributed by atoms with Crippen molar-refractivity contribution in [3.05, 3.63) is 29.8 Å². The van der Waals surface area contributed by atoms with Crippen LogP contribution in [0, 0.1) is 0 Å². The Morgan fingerprint density at radius 2 is 1.50 bits per heavy atom. The van der Waals surface area contributed by atoms with Crippen molar-refractivity contribution in [1.29, 1.82) is 0 Å². The molecule has 0 unspecified atom stereocenters. The SMILES string of the molecule is CN1C(=O)CCc2ccccc21.COC.COC. The van der Waals surface area contributed by atoms with Crippen molar-refractivity contribution >= 4 is 11.6 Å². The molecule has 0 radical (unpaired) electrons. The number of methoxy groups -OCH3 is 2. The number of para-hydroxylation sites is 1. The molecular formula is C14H23NO3.